The zero-order valence-electron chi connectivity index (χ0n) is 21.2. The second-order valence-corrected chi connectivity index (χ2v) is 11.1. The summed E-state index contributed by atoms with van der Waals surface area (Å²) in [5.74, 6) is -0.541. The van der Waals surface area contributed by atoms with Crippen molar-refractivity contribution >= 4 is 27.0 Å². The fourth-order valence-corrected chi connectivity index (χ4v) is 5.54. The fourth-order valence-electron chi connectivity index (χ4n) is 4.03. The Morgan fingerprint density at radius 2 is 1.80 bits per heavy atom. The average Bonchev–Trinajstić information content (AvgIpc) is 3.59. The zero-order valence-corrected chi connectivity index (χ0v) is 22.0. The maximum Gasteiger partial charge on any atom is 0.333 e. The van der Waals surface area contributed by atoms with Gasteiger partial charge in [0, 0.05) is 28.9 Å². The monoisotopic (exact) mass is 561 g/mol. The van der Waals surface area contributed by atoms with Gasteiger partial charge < -0.3 is 5.32 Å². The third kappa shape index (κ3) is 4.92. The van der Waals surface area contributed by atoms with E-state index in [0.717, 1.165) is 16.4 Å². The Morgan fingerprint density at radius 1 is 1.05 bits per heavy atom. The molecule has 1 aromatic carbocycles. The van der Waals surface area contributed by atoms with Crippen LogP contribution in [0, 0.1) is 11.3 Å². The number of nitriles is 1. The van der Waals surface area contributed by atoms with E-state index in [1.807, 2.05) is 6.07 Å². The van der Waals surface area contributed by atoms with Crippen molar-refractivity contribution in [2.45, 2.75) is 30.8 Å². The molecule has 1 N–H and O–H groups in total. The van der Waals surface area contributed by atoms with Crippen molar-refractivity contribution in [3.8, 4) is 28.6 Å². The van der Waals surface area contributed by atoms with E-state index in [2.05, 4.69) is 20.4 Å². The van der Waals surface area contributed by atoms with Gasteiger partial charge in [0.1, 0.15) is 11.2 Å². The van der Waals surface area contributed by atoms with E-state index >= 15 is 0 Å². The van der Waals surface area contributed by atoms with Crippen LogP contribution in [0.3, 0.4) is 0 Å². The minimum Gasteiger partial charge on any atom is -0.333 e. The van der Waals surface area contributed by atoms with Crippen molar-refractivity contribution in [2.24, 2.45) is 0 Å². The van der Waals surface area contributed by atoms with Crippen LogP contribution in [0.2, 0.25) is 0 Å². The largest absolute Gasteiger partial charge is 0.333 e. The quantitative estimate of drug-likeness (QED) is 0.306. The van der Waals surface area contributed by atoms with Gasteiger partial charge in [-0.25, -0.2) is 27.0 Å². The summed E-state index contributed by atoms with van der Waals surface area (Å²) in [6.45, 7) is 0.212. The van der Waals surface area contributed by atoms with Gasteiger partial charge in [-0.15, -0.1) is 0 Å². The Hall–Kier alpha value is -4.96. The maximum atomic E-state index is 13.7. The lowest BCUT2D eigenvalue weighted by Crippen LogP contribution is -2.42. The molecule has 0 saturated carbocycles. The van der Waals surface area contributed by atoms with E-state index in [4.69, 9.17) is 0 Å². The van der Waals surface area contributed by atoms with E-state index in [0.29, 0.717) is 21.3 Å². The van der Waals surface area contributed by atoms with E-state index in [-0.39, 0.29) is 27.5 Å². The van der Waals surface area contributed by atoms with Crippen molar-refractivity contribution in [2.75, 3.05) is 0 Å². The predicted octanol–water partition coefficient (Wildman–Crippen LogP) is 4.63. The minimum absolute atomic E-state index is 0.0125. The molecule has 10 nitrogen and oxygen atoms in total. The number of carbonyl (C=O) groups excluding carboxylic acids is 1. The Kier molecular flexibility index (Phi) is 6.64. The van der Waals surface area contributed by atoms with Crippen LogP contribution in [0.25, 0.3) is 33.5 Å². The average molecular weight is 562 g/mol. The molecule has 0 fully saturated rings. The van der Waals surface area contributed by atoms with E-state index in [1.54, 1.807) is 50.2 Å². The summed E-state index contributed by atoms with van der Waals surface area (Å²) in [4.78, 5) is 21.4. The first kappa shape index (κ1) is 26.6. The van der Waals surface area contributed by atoms with Gasteiger partial charge in [-0.05, 0) is 50.2 Å². The van der Waals surface area contributed by atoms with Crippen LogP contribution in [0.5, 0.6) is 0 Å². The van der Waals surface area contributed by atoms with Crippen molar-refractivity contribution in [3.05, 3.63) is 84.9 Å². The van der Waals surface area contributed by atoms with Crippen LogP contribution in [0.15, 0.2) is 84.1 Å². The molecule has 40 heavy (non-hydrogen) atoms. The van der Waals surface area contributed by atoms with E-state index in [9.17, 15) is 27.3 Å². The van der Waals surface area contributed by atoms with Gasteiger partial charge in [-0.3, -0.25) is 4.79 Å². The second-order valence-electron chi connectivity index (χ2n) is 9.33. The molecular formula is C27H21F2N7O3S. The summed E-state index contributed by atoms with van der Waals surface area (Å²) in [5.41, 5.74) is 0.138. The van der Waals surface area contributed by atoms with Gasteiger partial charge in [0.25, 0.3) is 15.9 Å². The SMILES string of the molecule is CC(C)(C#N)NC(=O)c1cccc(-c2cnc3c(c2)cc(-c2cnn(C(F)F)c2)n3S(=O)(=O)c2ccccc2)n1. The highest BCUT2D eigenvalue weighted by Crippen LogP contribution is 2.33. The smallest absolute Gasteiger partial charge is 0.333 e. The van der Waals surface area contributed by atoms with Gasteiger partial charge in [0.2, 0.25) is 0 Å². The maximum absolute atomic E-state index is 13.7. The second kappa shape index (κ2) is 9.97. The number of benzene rings is 1. The van der Waals surface area contributed by atoms with Gasteiger partial charge in [0.15, 0.2) is 5.65 Å². The van der Waals surface area contributed by atoms with Crippen molar-refractivity contribution in [1.82, 2.24) is 29.0 Å². The predicted molar refractivity (Wildman–Crippen MR) is 142 cm³/mol. The number of fused-ring (bicyclic) bond motifs is 1. The van der Waals surface area contributed by atoms with Crippen molar-refractivity contribution in [3.63, 3.8) is 0 Å². The molecule has 5 aromatic rings. The summed E-state index contributed by atoms with van der Waals surface area (Å²) in [6, 6.07) is 17.6. The lowest BCUT2D eigenvalue weighted by molar-refractivity contribution is 0.0566. The normalized spacial score (nSPS) is 12.0. The Morgan fingerprint density at radius 3 is 2.48 bits per heavy atom. The van der Waals surface area contributed by atoms with Gasteiger partial charge in [-0.2, -0.15) is 19.1 Å². The molecule has 0 aliphatic carbocycles. The number of pyridine rings is 2. The zero-order chi connectivity index (χ0) is 28.7. The number of aromatic nitrogens is 5. The third-order valence-electron chi connectivity index (χ3n) is 5.96. The standard InChI is InChI=1S/C27H21F2N7O3S/c1-27(2,16-30)34-25(37)22-10-6-9-21(33-22)18-11-17-12-23(19-14-32-35(15-19)26(28)29)36(24(17)31-13-18)40(38,39)20-7-4-3-5-8-20/h3-15,26H,1-2H3,(H,34,37). The van der Waals surface area contributed by atoms with E-state index in [1.165, 1.54) is 30.5 Å². The van der Waals surface area contributed by atoms with Crippen LogP contribution in [-0.2, 0) is 10.0 Å². The highest BCUT2D eigenvalue weighted by Gasteiger charge is 2.26. The first-order valence-corrected chi connectivity index (χ1v) is 13.3. The molecule has 0 atom stereocenters. The summed E-state index contributed by atoms with van der Waals surface area (Å²) >= 11 is 0. The van der Waals surface area contributed by atoms with Gasteiger partial charge in [0.05, 0.1) is 28.5 Å². The molecular weight excluding hydrogens is 540 g/mol. The number of hydrogen-bond donors (Lipinski definition) is 1. The van der Waals surface area contributed by atoms with Crippen LogP contribution < -0.4 is 5.32 Å². The Balaban J connectivity index is 1.65. The van der Waals surface area contributed by atoms with E-state index < -0.39 is 28.0 Å². The number of amides is 1. The molecule has 0 unspecified atom stereocenters. The number of rotatable bonds is 7. The summed E-state index contributed by atoms with van der Waals surface area (Å²) in [5, 5.41) is 15.8. The molecule has 4 aromatic heterocycles. The third-order valence-corrected chi connectivity index (χ3v) is 7.68. The topological polar surface area (TPSA) is 136 Å². The molecule has 5 rings (SSSR count). The Bertz CT molecular complexity index is 1890. The molecule has 4 heterocycles. The molecule has 0 bridgehead atoms. The molecule has 0 spiro atoms. The number of halogens is 2. The first-order chi connectivity index (χ1) is 19.0. The molecule has 0 aliphatic heterocycles. The number of carbonyl (C=O) groups is 1. The lowest BCUT2D eigenvalue weighted by atomic mass is 10.1. The highest BCUT2D eigenvalue weighted by atomic mass is 32.2. The molecule has 202 valence electrons. The minimum atomic E-state index is -4.19. The molecule has 0 saturated heterocycles. The van der Waals surface area contributed by atoms with Crippen LogP contribution in [-0.4, -0.2) is 43.6 Å². The summed E-state index contributed by atoms with van der Waals surface area (Å²) < 4.78 is 55.4. The Labute approximate surface area is 227 Å². The molecule has 13 heteroatoms. The number of nitrogens with zero attached hydrogens (tertiary/aromatic N) is 6. The van der Waals surface area contributed by atoms with Crippen molar-refractivity contribution < 1.29 is 22.0 Å². The lowest BCUT2D eigenvalue weighted by Gasteiger charge is -2.17. The van der Waals surface area contributed by atoms with Crippen molar-refractivity contribution in [1.29, 1.82) is 5.26 Å². The first-order valence-electron chi connectivity index (χ1n) is 11.9. The van der Waals surface area contributed by atoms with Gasteiger partial charge in [-0.1, -0.05) is 24.3 Å². The fraction of sp³-hybridized carbons (Fsp3) is 0.148. The number of hydrogen-bond acceptors (Lipinski definition) is 7. The number of alkyl halides is 2. The molecule has 0 aliphatic rings. The summed E-state index contributed by atoms with van der Waals surface area (Å²) in [6.07, 6.45) is 3.63. The van der Waals surface area contributed by atoms with Gasteiger partial charge >= 0.3 is 6.55 Å². The van der Waals surface area contributed by atoms with Crippen LogP contribution >= 0.6 is 0 Å². The van der Waals surface area contributed by atoms with Crippen LogP contribution in [0.4, 0.5) is 8.78 Å². The number of nitrogens with one attached hydrogen (secondary N) is 1. The highest BCUT2D eigenvalue weighted by molar-refractivity contribution is 7.90. The summed E-state index contributed by atoms with van der Waals surface area (Å²) in [7, 11) is -4.19. The molecule has 1 amide bonds. The van der Waals surface area contributed by atoms with Crippen LogP contribution in [0.1, 0.15) is 30.9 Å². The molecule has 0 radical (unpaired) electrons.